The fourth-order valence-electron chi connectivity index (χ4n) is 3.32. The van der Waals surface area contributed by atoms with Crippen LogP contribution in [0.25, 0.3) is 10.8 Å². The van der Waals surface area contributed by atoms with E-state index >= 15 is 0 Å². The van der Waals surface area contributed by atoms with Gasteiger partial charge < -0.3 is 15.9 Å². The van der Waals surface area contributed by atoms with E-state index in [9.17, 15) is 14.7 Å². The van der Waals surface area contributed by atoms with Crippen LogP contribution in [0.2, 0.25) is 0 Å². The second-order valence-corrected chi connectivity index (χ2v) is 6.41. The first-order valence-electron chi connectivity index (χ1n) is 7.63. The van der Waals surface area contributed by atoms with Gasteiger partial charge in [0.2, 0.25) is 0 Å². The van der Waals surface area contributed by atoms with E-state index in [1.54, 1.807) is 0 Å². The molecule has 1 aliphatic carbocycles. The van der Waals surface area contributed by atoms with Gasteiger partial charge in [0.15, 0.2) is 0 Å². The zero-order chi connectivity index (χ0) is 16.6. The van der Waals surface area contributed by atoms with Crippen LogP contribution in [0.1, 0.15) is 18.4 Å². The molecular formula is C18H19NO4. The molecule has 0 saturated heterocycles. The molecule has 0 heterocycles. The largest absolute Gasteiger partial charge is 0.481 e. The molecule has 23 heavy (non-hydrogen) atoms. The van der Waals surface area contributed by atoms with Crippen LogP contribution >= 0.6 is 0 Å². The molecule has 1 fully saturated rings. The first kappa shape index (κ1) is 15.5. The molecule has 120 valence electrons. The fraction of sp³-hybridized carbons (Fsp3) is 0.333. The molecule has 0 amide bonds. The first-order valence-corrected chi connectivity index (χ1v) is 7.63. The Balaban J connectivity index is 1.84. The quantitative estimate of drug-likeness (QED) is 0.786. The Labute approximate surface area is 133 Å². The predicted molar refractivity (Wildman–Crippen MR) is 86.1 cm³/mol. The van der Waals surface area contributed by atoms with E-state index < -0.39 is 23.4 Å². The van der Waals surface area contributed by atoms with E-state index in [1.807, 2.05) is 42.5 Å². The number of rotatable bonds is 5. The minimum atomic E-state index is -1.42. The summed E-state index contributed by atoms with van der Waals surface area (Å²) in [5, 5.41) is 20.7. The number of carboxylic acid groups (broad SMARTS) is 2. The summed E-state index contributed by atoms with van der Waals surface area (Å²) in [7, 11) is 0. The minimum absolute atomic E-state index is 0.199. The second kappa shape index (κ2) is 5.66. The first-order chi connectivity index (χ1) is 10.9. The van der Waals surface area contributed by atoms with Gasteiger partial charge in [-0.2, -0.15) is 0 Å². The molecule has 1 unspecified atom stereocenters. The van der Waals surface area contributed by atoms with Gasteiger partial charge in [0.25, 0.3) is 0 Å². The minimum Gasteiger partial charge on any atom is -0.481 e. The van der Waals surface area contributed by atoms with Gasteiger partial charge in [-0.15, -0.1) is 0 Å². The topological polar surface area (TPSA) is 101 Å². The Morgan fingerprint density at radius 2 is 1.74 bits per heavy atom. The van der Waals surface area contributed by atoms with Crippen molar-refractivity contribution in [3.8, 4) is 0 Å². The van der Waals surface area contributed by atoms with Gasteiger partial charge >= 0.3 is 11.9 Å². The lowest BCUT2D eigenvalue weighted by Crippen LogP contribution is -2.60. The number of carbonyl (C=O) groups is 2. The zero-order valence-corrected chi connectivity index (χ0v) is 12.6. The standard InChI is InChI=1S/C18H19NO4/c19-18(17(22)23,15-8-14(9-15)16(20)21)10-11-5-6-12-3-1-2-4-13(12)7-11/h1-7,14-15H,8-10,19H2,(H,20,21)(H,22,23)/t14-,15+,18?. The lowest BCUT2D eigenvalue weighted by molar-refractivity contribution is -0.155. The SMILES string of the molecule is NC(Cc1ccc2ccccc2c1)(C(=O)O)[C@H]1C[C@@H](C(=O)O)C1. The highest BCUT2D eigenvalue weighted by molar-refractivity contribution is 5.84. The Kier molecular flexibility index (Phi) is 3.82. The number of hydrogen-bond acceptors (Lipinski definition) is 3. The van der Waals surface area contributed by atoms with E-state index in [0.717, 1.165) is 16.3 Å². The van der Waals surface area contributed by atoms with Crippen molar-refractivity contribution in [1.29, 1.82) is 0 Å². The number of fused-ring (bicyclic) bond motifs is 1. The van der Waals surface area contributed by atoms with Crippen LogP contribution in [0.3, 0.4) is 0 Å². The third kappa shape index (κ3) is 2.80. The summed E-state index contributed by atoms with van der Waals surface area (Å²) >= 11 is 0. The van der Waals surface area contributed by atoms with Crippen LogP contribution in [0.4, 0.5) is 0 Å². The summed E-state index contributed by atoms with van der Waals surface area (Å²) in [4.78, 5) is 22.7. The summed E-state index contributed by atoms with van der Waals surface area (Å²) in [6.45, 7) is 0. The van der Waals surface area contributed by atoms with E-state index in [2.05, 4.69) is 0 Å². The van der Waals surface area contributed by atoms with E-state index in [1.165, 1.54) is 0 Å². The molecule has 5 heteroatoms. The Hall–Kier alpha value is -2.40. The van der Waals surface area contributed by atoms with Crippen LogP contribution in [-0.2, 0) is 16.0 Å². The van der Waals surface area contributed by atoms with Crippen LogP contribution < -0.4 is 5.73 Å². The van der Waals surface area contributed by atoms with Crippen LogP contribution in [0.5, 0.6) is 0 Å². The maximum Gasteiger partial charge on any atom is 0.324 e. The smallest absolute Gasteiger partial charge is 0.324 e. The fourth-order valence-corrected chi connectivity index (χ4v) is 3.32. The molecule has 5 nitrogen and oxygen atoms in total. The van der Waals surface area contributed by atoms with Crippen molar-refractivity contribution in [3.63, 3.8) is 0 Å². The number of carboxylic acids is 2. The molecule has 1 aliphatic rings. The Bertz CT molecular complexity index is 766. The normalized spacial score (nSPS) is 23.0. The lowest BCUT2D eigenvalue weighted by Gasteiger charge is -2.43. The Morgan fingerprint density at radius 3 is 2.35 bits per heavy atom. The molecule has 2 aromatic carbocycles. The molecule has 0 radical (unpaired) electrons. The lowest BCUT2D eigenvalue weighted by atomic mass is 9.63. The van der Waals surface area contributed by atoms with Gasteiger partial charge in [-0.05, 0) is 35.1 Å². The van der Waals surface area contributed by atoms with E-state index in [-0.39, 0.29) is 12.3 Å². The molecule has 0 aromatic heterocycles. The highest BCUT2D eigenvalue weighted by Gasteiger charge is 2.50. The molecule has 0 aliphatic heterocycles. The molecule has 1 saturated carbocycles. The summed E-state index contributed by atoms with van der Waals surface area (Å²) < 4.78 is 0. The van der Waals surface area contributed by atoms with Crippen molar-refractivity contribution in [3.05, 3.63) is 48.0 Å². The third-order valence-electron chi connectivity index (χ3n) is 4.92. The molecule has 4 N–H and O–H groups in total. The van der Waals surface area contributed by atoms with Crippen molar-refractivity contribution in [1.82, 2.24) is 0 Å². The average molecular weight is 313 g/mol. The van der Waals surface area contributed by atoms with Crippen LogP contribution in [-0.4, -0.2) is 27.7 Å². The number of nitrogens with two attached hydrogens (primary N) is 1. The van der Waals surface area contributed by atoms with Gasteiger partial charge in [0.05, 0.1) is 5.92 Å². The van der Waals surface area contributed by atoms with E-state index in [0.29, 0.717) is 12.8 Å². The van der Waals surface area contributed by atoms with E-state index in [4.69, 9.17) is 10.8 Å². The maximum absolute atomic E-state index is 11.7. The molecular weight excluding hydrogens is 294 g/mol. The van der Waals surface area contributed by atoms with Crippen LogP contribution in [0, 0.1) is 11.8 Å². The maximum atomic E-state index is 11.7. The van der Waals surface area contributed by atoms with Gasteiger partial charge in [0, 0.05) is 6.42 Å². The molecule has 2 aromatic rings. The summed E-state index contributed by atoms with van der Waals surface area (Å²) in [5.41, 5.74) is 5.62. The van der Waals surface area contributed by atoms with Crippen LogP contribution in [0.15, 0.2) is 42.5 Å². The Morgan fingerprint density at radius 1 is 1.09 bits per heavy atom. The second-order valence-electron chi connectivity index (χ2n) is 6.41. The van der Waals surface area contributed by atoms with Crippen molar-refractivity contribution in [2.75, 3.05) is 0 Å². The summed E-state index contributed by atoms with van der Waals surface area (Å²) in [6, 6.07) is 13.6. The third-order valence-corrected chi connectivity index (χ3v) is 4.92. The molecule has 0 bridgehead atoms. The monoisotopic (exact) mass is 313 g/mol. The van der Waals surface area contributed by atoms with Gasteiger partial charge in [0.1, 0.15) is 5.54 Å². The average Bonchev–Trinajstić information content (AvgIpc) is 2.44. The summed E-state index contributed by atoms with van der Waals surface area (Å²) in [6.07, 6.45) is 0.849. The van der Waals surface area contributed by atoms with Crippen molar-refractivity contribution in [2.45, 2.75) is 24.8 Å². The van der Waals surface area contributed by atoms with Crippen molar-refractivity contribution >= 4 is 22.7 Å². The number of aliphatic carboxylic acids is 2. The van der Waals surface area contributed by atoms with Gasteiger partial charge in [-0.3, -0.25) is 9.59 Å². The summed E-state index contributed by atoms with van der Waals surface area (Å²) in [5.74, 6) is -2.73. The highest BCUT2D eigenvalue weighted by Crippen LogP contribution is 2.41. The number of hydrogen-bond donors (Lipinski definition) is 3. The van der Waals surface area contributed by atoms with Gasteiger partial charge in [-0.1, -0.05) is 42.5 Å². The van der Waals surface area contributed by atoms with Crippen molar-refractivity contribution < 1.29 is 19.8 Å². The van der Waals surface area contributed by atoms with Gasteiger partial charge in [-0.25, -0.2) is 0 Å². The number of benzene rings is 2. The molecule has 1 atom stereocenters. The zero-order valence-electron chi connectivity index (χ0n) is 12.6. The van der Waals surface area contributed by atoms with Crippen molar-refractivity contribution in [2.24, 2.45) is 17.6 Å². The molecule has 3 rings (SSSR count). The predicted octanol–water partition coefficient (Wildman–Crippen LogP) is 2.28. The highest BCUT2D eigenvalue weighted by atomic mass is 16.4. The molecule has 0 spiro atoms.